The van der Waals surface area contributed by atoms with Crippen LogP contribution in [0.2, 0.25) is 0 Å². The number of phenols is 1. The van der Waals surface area contributed by atoms with Gasteiger partial charge in [-0.2, -0.15) is 5.26 Å². The van der Waals surface area contributed by atoms with Crippen molar-refractivity contribution in [2.24, 2.45) is 0 Å². The lowest BCUT2D eigenvalue weighted by Gasteiger charge is -2.09. The monoisotopic (exact) mass is 337 g/mol. The van der Waals surface area contributed by atoms with Crippen LogP contribution in [0.3, 0.4) is 0 Å². The predicted octanol–water partition coefficient (Wildman–Crippen LogP) is 2.85. The Morgan fingerprint density at radius 3 is 2.76 bits per heavy atom. The van der Waals surface area contributed by atoms with Crippen molar-refractivity contribution in [3.63, 3.8) is 0 Å². The molecule has 2 rings (SSSR count). The van der Waals surface area contributed by atoms with Crippen LogP contribution in [0.1, 0.15) is 11.1 Å². The number of rotatable bonds is 6. The van der Waals surface area contributed by atoms with Crippen LogP contribution >= 0.6 is 0 Å². The topological polar surface area (TPSA) is 94.4 Å². The Morgan fingerprint density at radius 1 is 1.32 bits per heavy atom. The van der Waals surface area contributed by atoms with E-state index in [1.54, 1.807) is 20.1 Å². The molecule has 25 heavy (non-hydrogen) atoms. The van der Waals surface area contributed by atoms with Gasteiger partial charge in [-0.25, -0.2) is 0 Å². The molecule has 6 heteroatoms. The molecule has 3 N–H and O–H groups in total. The smallest absolute Gasteiger partial charge is 0.267 e. The van der Waals surface area contributed by atoms with Gasteiger partial charge in [0.2, 0.25) is 0 Å². The second-order valence-electron chi connectivity index (χ2n) is 5.32. The molecule has 0 bridgehead atoms. The number of hydrogen-bond acceptors (Lipinski definition) is 5. The maximum Gasteiger partial charge on any atom is 0.267 e. The summed E-state index contributed by atoms with van der Waals surface area (Å²) in [7, 11) is 1.59. The highest BCUT2D eigenvalue weighted by Crippen LogP contribution is 2.20. The van der Waals surface area contributed by atoms with E-state index in [0.717, 1.165) is 11.3 Å². The van der Waals surface area contributed by atoms with Crippen molar-refractivity contribution in [3.05, 3.63) is 65.4 Å². The number of methoxy groups -OCH3 is 1. The van der Waals surface area contributed by atoms with E-state index in [-0.39, 0.29) is 11.3 Å². The van der Waals surface area contributed by atoms with E-state index in [1.165, 1.54) is 18.3 Å². The van der Waals surface area contributed by atoms with Crippen LogP contribution in [0.4, 0.5) is 5.69 Å². The average molecular weight is 337 g/mol. The van der Waals surface area contributed by atoms with E-state index in [9.17, 15) is 15.2 Å². The van der Waals surface area contributed by atoms with Crippen molar-refractivity contribution in [3.8, 4) is 17.6 Å². The molecule has 0 unspecified atom stereocenters. The number of anilines is 1. The fraction of sp³-hybridized carbons (Fsp3) is 0.158. The third-order valence-electron chi connectivity index (χ3n) is 3.55. The summed E-state index contributed by atoms with van der Waals surface area (Å²) >= 11 is 0. The maximum absolute atomic E-state index is 12.2. The summed E-state index contributed by atoms with van der Waals surface area (Å²) in [5.41, 5.74) is 2.09. The molecule has 128 valence electrons. The van der Waals surface area contributed by atoms with Crippen LogP contribution in [-0.2, 0) is 11.3 Å². The van der Waals surface area contributed by atoms with Gasteiger partial charge in [0, 0.05) is 24.0 Å². The van der Waals surface area contributed by atoms with Gasteiger partial charge in [0.25, 0.3) is 5.91 Å². The van der Waals surface area contributed by atoms with Gasteiger partial charge in [-0.1, -0.05) is 18.2 Å². The minimum Gasteiger partial charge on any atom is -0.508 e. The fourth-order valence-corrected chi connectivity index (χ4v) is 2.24. The number of benzene rings is 2. The van der Waals surface area contributed by atoms with Crippen molar-refractivity contribution in [1.29, 1.82) is 5.26 Å². The molecule has 0 aliphatic carbocycles. The first-order chi connectivity index (χ1) is 12.0. The number of carbonyl (C=O) groups excluding carboxylic acids is 1. The van der Waals surface area contributed by atoms with Gasteiger partial charge in [-0.15, -0.1) is 0 Å². The number of hydrogen-bond donors (Lipinski definition) is 3. The summed E-state index contributed by atoms with van der Waals surface area (Å²) in [6.07, 6.45) is 1.37. The molecule has 1 amide bonds. The Kier molecular flexibility index (Phi) is 6.02. The summed E-state index contributed by atoms with van der Waals surface area (Å²) < 4.78 is 5.25. The molecule has 2 aromatic rings. The summed E-state index contributed by atoms with van der Waals surface area (Å²) in [5.74, 6) is 0.319. The standard InChI is InChI=1S/C19H19N3O3/c1-13-9-16(23)7-8-17(13)22-19(24)15(10-20)12-21-11-14-5-3-4-6-18(14)25-2/h3-9,12,21,23H,11H2,1-2H3,(H,22,24)/b15-12-. The molecule has 0 saturated carbocycles. The van der Waals surface area contributed by atoms with Gasteiger partial charge in [-0.3, -0.25) is 4.79 Å². The quantitative estimate of drug-likeness (QED) is 0.428. The molecule has 0 heterocycles. The fourth-order valence-electron chi connectivity index (χ4n) is 2.24. The highest BCUT2D eigenvalue weighted by atomic mass is 16.5. The molecule has 0 radical (unpaired) electrons. The molecule has 0 aromatic heterocycles. The molecule has 2 aromatic carbocycles. The molecule has 0 saturated heterocycles. The molecule has 0 spiro atoms. The van der Waals surface area contributed by atoms with Crippen molar-refractivity contribution in [2.75, 3.05) is 12.4 Å². The molecule has 0 aliphatic rings. The number of nitrogens with one attached hydrogen (secondary N) is 2. The Morgan fingerprint density at radius 2 is 2.08 bits per heavy atom. The number of carbonyl (C=O) groups is 1. The number of ether oxygens (including phenoxy) is 1. The van der Waals surface area contributed by atoms with Crippen LogP contribution in [0.15, 0.2) is 54.2 Å². The predicted molar refractivity (Wildman–Crippen MR) is 95.0 cm³/mol. The summed E-state index contributed by atoms with van der Waals surface area (Å²) in [6, 6.07) is 13.9. The first kappa shape index (κ1) is 17.9. The molecule has 0 aliphatic heterocycles. The summed E-state index contributed by atoms with van der Waals surface area (Å²) in [5, 5.41) is 24.2. The zero-order valence-corrected chi connectivity index (χ0v) is 14.0. The third kappa shape index (κ3) is 4.75. The number of para-hydroxylation sites is 1. The van der Waals surface area contributed by atoms with Gasteiger partial charge in [-0.05, 0) is 36.8 Å². The Hall–Kier alpha value is -3.46. The number of aryl methyl sites for hydroxylation is 1. The van der Waals surface area contributed by atoms with E-state index in [0.29, 0.717) is 17.8 Å². The number of phenolic OH excluding ortho intramolecular Hbond substituents is 1. The second-order valence-corrected chi connectivity index (χ2v) is 5.32. The Balaban J connectivity index is 2.04. The van der Waals surface area contributed by atoms with Crippen LogP contribution in [0.5, 0.6) is 11.5 Å². The minimum absolute atomic E-state index is 0.0534. The lowest BCUT2D eigenvalue weighted by atomic mass is 10.1. The molecular formula is C19H19N3O3. The maximum atomic E-state index is 12.2. The van der Waals surface area contributed by atoms with Crippen LogP contribution in [-0.4, -0.2) is 18.1 Å². The van der Waals surface area contributed by atoms with Crippen LogP contribution < -0.4 is 15.4 Å². The van der Waals surface area contributed by atoms with E-state index in [2.05, 4.69) is 10.6 Å². The van der Waals surface area contributed by atoms with Gasteiger partial charge in [0.05, 0.1) is 7.11 Å². The van der Waals surface area contributed by atoms with E-state index >= 15 is 0 Å². The average Bonchev–Trinajstić information content (AvgIpc) is 2.61. The molecule has 6 nitrogen and oxygen atoms in total. The lowest BCUT2D eigenvalue weighted by Crippen LogP contribution is -2.17. The van der Waals surface area contributed by atoms with E-state index in [1.807, 2.05) is 30.3 Å². The van der Waals surface area contributed by atoms with Crippen molar-refractivity contribution < 1.29 is 14.6 Å². The number of nitrogens with zero attached hydrogens (tertiary/aromatic N) is 1. The van der Waals surface area contributed by atoms with Gasteiger partial charge < -0.3 is 20.5 Å². The first-order valence-electron chi connectivity index (χ1n) is 7.61. The Bertz CT molecular complexity index is 838. The lowest BCUT2D eigenvalue weighted by molar-refractivity contribution is -0.112. The first-order valence-corrected chi connectivity index (χ1v) is 7.61. The van der Waals surface area contributed by atoms with Gasteiger partial charge in [0.15, 0.2) is 0 Å². The summed E-state index contributed by atoms with van der Waals surface area (Å²) in [4.78, 5) is 12.2. The zero-order chi connectivity index (χ0) is 18.2. The van der Waals surface area contributed by atoms with Crippen molar-refractivity contribution >= 4 is 11.6 Å². The van der Waals surface area contributed by atoms with Crippen molar-refractivity contribution in [1.82, 2.24) is 5.32 Å². The van der Waals surface area contributed by atoms with Crippen LogP contribution in [0.25, 0.3) is 0 Å². The largest absolute Gasteiger partial charge is 0.508 e. The van der Waals surface area contributed by atoms with E-state index in [4.69, 9.17) is 4.74 Å². The second kappa shape index (κ2) is 8.41. The zero-order valence-electron chi connectivity index (χ0n) is 14.0. The molecule has 0 fully saturated rings. The number of nitriles is 1. The van der Waals surface area contributed by atoms with E-state index < -0.39 is 5.91 Å². The third-order valence-corrected chi connectivity index (χ3v) is 3.55. The number of aromatic hydroxyl groups is 1. The van der Waals surface area contributed by atoms with Crippen LogP contribution in [0, 0.1) is 18.3 Å². The highest BCUT2D eigenvalue weighted by molar-refractivity contribution is 6.06. The SMILES string of the molecule is COc1ccccc1CN/C=C(/C#N)C(=O)Nc1ccc(O)cc1C. The molecular weight excluding hydrogens is 318 g/mol. The van der Waals surface area contributed by atoms with Gasteiger partial charge >= 0.3 is 0 Å². The summed E-state index contributed by atoms with van der Waals surface area (Å²) in [6.45, 7) is 2.17. The highest BCUT2D eigenvalue weighted by Gasteiger charge is 2.11. The number of amides is 1. The molecule has 0 atom stereocenters. The van der Waals surface area contributed by atoms with Crippen molar-refractivity contribution in [2.45, 2.75) is 13.5 Å². The van der Waals surface area contributed by atoms with Gasteiger partial charge in [0.1, 0.15) is 23.1 Å². The normalized spacial score (nSPS) is 10.7. The Labute approximate surface area is 146 Å². The minimum atomic E-state index is -0.524.